The van der Waals surface area contributed by atoms with Gasteiger partial charge in [-0.2, -0.15) is 0 Å². The third-order valence-electron chi connectivity index (χ3n) is 5.48. The molecule has 0 aromatic rings. The van der Waals surface area contributed by atoms with E-state index in [4.69, 9.17) is 0 Å². The molecule has 0 aromatic carbocycles. The van der Waals surface area contributed by atoms with Crippen molar-refractivity contribution >= 4 is 7.26 Å². The Kier molecular flexibility index (Phi) is 2.74. The molecular formula is C14H28P+. The highest BCUT2D eigenvalue weighted by Gasteiger charge is 2.67. The predicted octanol–water partition coefficient (Wildman–Crippen LogP) is 4.93. The van der Waals surface area contributed by atoms with Crippen molar-refractivity contribution in [1.29, 1.82) is 0 Å². The fourth-order valence-corrected chi connectivity index (χ4v) is 13.1. The normalized spacial score (nSPS) is 46.6. The summed E-state index contributed by atoms with van der Waals surface area (Å²) in [6.45, 7) is 12.8. The molecule has 2 heterocycles. The van der Waals surface area contributed by atoms with Crippen molar-refractivity contribution in [2.75, 3.05) is 6.16 Å². The molecule has 0 nitrogen and oxygen atoms in total. The van der Waals surface area contributed by atoms with Gasteiger partial charge in [-0.1, -0.05) is 0 Å². The van der Waals surface area contributed by atoms with Gasteiger partial charge < -0.3 is 0 Å². The lowest BCUT2D eigenvalue weighted by molar-refractivity contribution is 0.470. The molecule has 88 valence electrons. The highest BCUT2D eigenvalue weighted by Crippen LogP contribution is 2.86. The van der Waals surface area contributed by atoms with Crippen LogP contribution in [0, 0.1) is 0 Å². The maximum Gasteiger partial charge on any atom is 0.0780 e. The number of fused-ring (bicyclic) bond motifs is 1. The van der Waals surface area contributed by atoms with Gasteiger partial charge >= 0.3 is 0 Å². The molecular weight excluding hydrogens is 199 g/mol. The monoisotopic (exact) mass is 227 g/mol. The second-order valence-corrected chi connectivity index (χ2v) is 12.6. The highest BCUT2D eigenvalue weighted by molar-refractivity contribution is 7.79. The van der Waals surface area contributed by atoms with Crippen LogP contribution in [-0.4, -0.2) is 22.1 Å². The van der Waals surface area contributed by atoms with E-state index in [2.05, 4.69) is 34.6 Å². The van der Waals surface area contributed by atoms with Gasteiger partial charge in [-0.15, -0.1) is 0 Å². The summed E-state index contributed by atoms with van der Waals surface area (Å²) in [4.78, 5) is 0. The minimum Gasteiger partial charge on any atom is -0.0456 e. The van der Waals surface area contributed by atoms with Crippen LogP contribution in [0.1, 0.15) is 66.7 Å². The predicted molar refractivity (Wildman–Crippen MR) is 72.5 cm³/mol. The van der Waals surface area contributed by atoms with E-state index in [1.807, 2.05) is 0 Å². The molecule has 1 heteroatoms. The van der Waals surface area contributed by atoms with Gasteiger partial charge in [0.1, 0.15) is 0 Å². The smallest absolute Gasteiger partial charge is 0.0456 e. The van der Waals surface area contributed by atoms with E-state index in [1.54, 1.807) is 6.16 Å². The zero-order valence-corrected chi connectivity index (χ0v) is 12.2. The van der Waals surface area contributed by atoms with Crippen LogP contribution in [0.2, 0.25) is 0 Å². The summed E-state index contributed by atoms with van der Waals surface area (Å²) in [5.74, 6) is 0. The molecule has 3 unspecified atom stereocenters. The van der Waals surface area contributed by atoms with Gasteiger partial charge in [0.2, 0.25) is 0 Å². The third kappa shape index (κ3) is 1.43. The molecule has 2 rings (SSSR count). The van der Waals surface area contributed by atoms with E-state index in [0.29, 0.717) is 5.16 Å². The average molecular weight is 227 g/mol. The summed E-state index contributed by atoms with van der Waals surface area (Å²) in [6, 6.07) is 0. The van der Waals surface area contributed by atoms with Crippen LogP contribution < -0.4 is 0 Å². The van der Waals surface area contributed by atoms with Crippen molar-refractivity contribution in [2.24, 2.45) is 0 Å². The van der Waals surface area contributed by atoms with Gasteiger partial charge in [-0.05, 0) is 66.7 Å². The van der Waals surface area contributed by atoms with E-state index in [1.165, 1.54) is 32.1 Å². The molecule has 2 aliphatic heterocycles. The van der Waals surface area contributed by atoms with Crippen molar-refractivity contribution in [3.8, 4) is 0 Å². The Hall–Kier alpha value is 0.430. The average Bonchev–Trinajstić information content (AvgIpc) is 2.43. The first-order valence-corrected chi connectivity index (χ1v) is 8.76. The Morgan fingerprint density at radius 1 is 1.13 bits per heavy atom. The molecule has 0 saturated carbocycles. The molecule has 0 amide bonds. The molecule has 3 atom stereocenters. The van der Waals surface area contributed by atoms with Crippen LogP contribution in [0.15, 0.2) is 0 Å². The maximum atomic E-state index is 2.63. The minimum atomic E-state index is -0.738. The van der Waals surface area contributed by atoms with Gasteiger partial charge in [-0.25, -0.2) is 0 Å². The fraction of sp³-hybridized carbons (Fsp3) is 1.00. The lowest BCUT2D eigenvalue weighted by atomic mass is 9.97. The first-order valence-electron chi connectivity index (χ1n) is 6.71. The number of rotatable bonds is 0. The minimum absolute atomic E-state index is 0.595. The Labute approximate surface area is 96.6 Å². The third-order valence-corrected chi connectivity index (χ3v) is 13.0. The van der Waals surface area contributed by atoms with E-state index in [-0.39, 0.29) is 0 Å². The zero-order valence-electron chi connectivity index (χ0n) is 11.3. The van der Waals surface area contributed by atoms with E-state index < -0.39 is 7.26 Å². The molecule has 0 radical (unpaired) electrons. The fourth-order valence-electron chi connectivity index (χ4n) is 5.06. The van der Waals surface area contributed by atoms with Crippen LogP contribution in [0.25, 0.3) is 0 Å². The van der Waals surface area contributed by atoms with Crippen molar-refractivity contribution in [3.05, 3.63) is 0 Å². The molecule has 0 N–H and O–H groups in total. The summed E-state index contributed by atoms with van der Waals surface area (Å²) in [5, 5.41) is 1.35. The number of hydrogen-bond acceptors (Lipinski definition) is 0. The topological polar surface area (TPSA) is 0 Å². The summed E-state index contributed by atoms with van der Waals surface area (Å²) in [5.41, 5.74) is 1.04. The van der Waals surface area contributed by atoms with Crippen molar-refractivity contribution in [1.82, 2.24) is 0 Å². The van der Waals surface area contributed by atoms with Crippen LogP contribution in [0.3, 0.4) is 0 Å². The van der Waals surface area contributed by atoms with Crippen LogP contribution in [-0.2, 0) is 0 Å². The molecule has 2 saturated heterocycles. The van der Waals surface area contributed by atoms with Gasteiger partial charge in [0, 0.05) is 7.26 Å². The van der Waals surface area contributed by atoms with Crippen molar-refractivity contribution in [3.63, 3.8) is 0 Å². The molecule has 0 aromatic heterocycles. The number of hydrogen-bond donors (Lipinski definition) is 0. The van der Waals surface area contributed by atoms with Crippen LogP contribution in [0.5, 0.6) is 0 Å². The summed E-state index contributed by atoms with van der Waals surface area (Å²) < 4.78 is 0. The van der Waals surface area contributed by atoms with E-state index in [9.17, 15) is 0 Å². The standard InChI is InChI=1S/C14H28P/c1-12-8-6-9-14(5)10-7-11-15(12,14)13(2,3)4/h12H,6-11H2,1-5H3/q+1. The molecule has 2 fully saturated rings. The SMILES string of the molecule is CC1CCCC2(C)CCC[P+]12C(C)(C)C. The van der Waals surface area contributed by atoms with Gasteiger partial charge in [0.25, 0.3) is 0 Å². The Morgan fingerprint density at radius 2 is 1.73 bits per heavy atom. The Morgan fingerprint density at radius 3 is 2.27 bits per heavy atom. The molecule has 2 aliphatic rings. The van der Waals surface area contributed by atoms with E-state index in [0.717, 1.165) is 10.8 Å². The largest absolute Gasteiger partial charge is 0.0780 e. The lowest BCUT2D eigenvalue weighted by Gasteiger charge is -2.52. The van der Waals surface area contributed by atoms with Gasteiger partial charge in [0.05, 0.1) is 22.1 Å². The quantitative estimate of drug-likeness (QED) is 0.515. The first kappa shape index (κ1) is 11.9. The Balaban J connectivity index is 2.46. The molecule has 0 spiro atoms. The second-order valence-electron chi connectivity index (χ2n) is 7.10. The second kappa shape index (κ2) is 3.46. The lowest BCUT2D eigenvalue weighted by Crippen LogP contribution is -2.43. The zero-order chi connectivity index (χ0) is 11.3. The molecule has 0 bridgehead atoms. The van der Waals surface area contributed by atoms with Crippen LogP contribution in [0.4, 0.5) is 0 Å². The first-order chi connectivity index (χ1) is 6.83. The van der Waals surface area contributed by atoms with Crippen LogP contribution >= 0.6 is 7.26 Å². The van der Waals surface area contributed by atoms with Crippen molar-refractivity contribution < 1.29 is 0 Å². The molecule has 15 heavy (non-hydrogen) atoms. The molecule has 0 aliphatic carbocycles. The van der Waals surface area contributed by atoms with Gasteiger partial charge in [0.15, 0.2) is 0 Å². The summed E-state index contributed by atoms with van der Waals surface area (Å²) in [6.07, 6.45) is 9.18. The van der Waals surface area contributed by atoms with Crippen molar-refractivity contribution in [2.45, 2.75) is 82.7 Å². The Bertz CT molecular complexity index is 253. The summed E-state index contributed by atoms with van der Waals surface area (Å²) >= 11 is 0. The summed E-state index contributed by atoms with van der Waals surface area (Å²) in [7, 11) is -0.738. The maximum absolute atomic E-state index is 2.63. The van der Waals surface area contributed by atoms with Gasteiger partial charge in [-0.3, -0.25) is 0 Å². The van der Waals surface area contributed by atoms with E-state index >= 15 is 0 Å². The highest BCUT2D eigenvalue weighted by atomic mass is 31.2.